The Labute approximate surface area is 155 Å². The first-order chi connectivity index (χ1) is 12.7. The smallest absolute Gasteiger partial charge is 0.258 e. The molecule has 1 amide bonds. The first kappa shape index (κ1) is 17.0. The van der Waals surface area contributed by atoms with Gasteiger partial charge >= 0.3 is 0 Å². The van der Waals surface area contributed by atoms with E-state index in [9.17, 15) is 4.79 Å². The average molecular weight is 350 g/mol. The number of benzene rings is 1. The van der Waals surface area contributed by atoms with E-state index < -0.39 is 0 Å². The number of pyridine rings is 1. The Balaban J connectivity index is 1.56. The van der Waals surface area contributed by atoms with Crippen LogP contribution in [-0.2, 0) is 6.42 Å². The van der Waals surface area contributed by atoms with Gasteiger partial charge in [-0.3, -0.25) is 4.79 Å². The Morgan fingerprint density at radius 2 is 1.92 bits per heavy atom. The largest absolute Gasteiger partial charge is 0.354 e. The topological polar surface area (TPSA) is 39.7 Å². The minimum absolute atomic E-state index is 0.0679. The number of carbonyl (C=O) groups is 1. The first-order valence-corrected chi connectivity index (χ1v) is 9.52. The Kier molecular flexibility index (Phi) is 4.64. The third-order valence-corrected chi connectivity index (χ3v) is 5.56. The summed E-state index contributed by atoms with van der Waals surface area (Å²) < 4.78 is 0. The third-order valence-electron chi connectivity index (χ3n) is 5.56. The molecule has 3 heterocycles. The fourth-order valence-corrected chi connectivity index (χ4v) is 4.03. The van der Waals surface area contributed by atoms with E-state index in [4.69, 9.17) is 0 Å². The van der Waals surface area contributed by atoms with E-state index >= 15 is 0 Å². The fourth-order valence-electron chi connectivity index (χ4n) is 4.03. The molecule has 1 atom stereocenters. The second kappa shape index (κ2) is 7.08. The molecule has 136 valence electrons. The molecule has 5 heteroatoms. The standard InChI is InChI=1S/C21H26N4O/c1-3-23-10-12-24(13-11-23)20-15-18(8-9-22-20)21(26)25-16(2)14-17-6-4-5-7-19(17)25/h4-9,15-16H,3,10-14H2,1-2H3. The van der Waals surface area contributed by atoms with Crippen molar-refractivity contribution < 1.29 is 4.79 Å². The van der Waals surface area contributed by atoms with Crippen LogP contribution in [0.5, 0.6) is 0 Å². The molecule has 0 aliphatic carbocycles. The van der Waals surface area contributed by atoms with Gasteiger partial charge in [0.05, 0.1) is 0 Å². The molecule has 0 spiro atoms. The van der Waals surface area contributed by atoms with Crippen molar-refractivity contribution >= 4 is 17.4 Å². The number of amides is 1. The predicted molar refractivity (Wildman–Crippen MR) is 105 cm³/mol. The van der Waals surface area contributed by atoms with Gasteiger partial charge in [0.1, 0.15) is 5.82 Å². The van der Waals surface area contributed by atoms with Crippen molar-refractivity contribution in [3.05, 3.63) is 53.7 Å². The highest BCUT2D eigenvalue weighted by Crippen LogP contribution is 2.33. The first-order valence-electron chi connectivity index (χ1n) is 9.52. The second-order valence-corrected chi connectivity index (χ2v) is 7.18. The van der Waals surface area contributed by atoms with Crippen LogP contribution in [0.2, 0.25) is 0 Å². The number of hydrogen-bond donors (Lipinski definition) is 0. The van der Waals surface area contributed by atoms with Crippen molar-refractivity contribution in [3.8, 4) is 0 Å². The summed E-state index contributed by atoms with van der Waals surface area (Å²) in [7, 11) is 0. The number of carbonyl (C=O) groups excluding carboxylic acids is 1. The Bertz CT molecular complexity index is 798. The van der Waals surface area contributed by atoms with Crippen LogP contribution in [0.3, 0.4) is 0 Å². The Morgan fingerprint density at radius 3 is 2.69 bits per heavy atom. The molecule has 0 bridgehead atoms. The van der Waals surface area contributed by atoms with Crippen LogP contribution in [0.25, 0.3) is 0 Å². The molecule has 0 saturated carbocycles. The van der Waals surface area contributed by atoms with Gasteiger partial charge in [-0.05, 0) is 43.7 Å². The van der Waals surface area contributed by atoms with Crippen molar-refractivity contribution in [2.45, 2.75) is 26.3 Å². The molecule has 1 saturated heterocycles. The van der Waals surface area contributed by atoms with Crippen LogP contribution >= 0.6 is 0 Å². The van der Waals surface area contributed by atoms with E-state index in [1.807, 2.05) is 35.2 Å². The number of likely N-dealkylation sites (N-methyl/N-ethyl adjacent to an activating group) is 1. The lowest BCUT2D eigenvalue weighted by atomic mass is 10.1. The van der Waals surface area contributed by atoms with E-state index in [1.54, 1.807) is 6.20 Å². The van der Waals surface area contributed by atoms with Crippen LogP contribution in [0.1, 0.15) is 29.8 Å². The zero-order valence-corrected chi connectivity index (χ0v) is 15.6. The molecule has 2 aliphatic rings. The maximum Gasteiger partial charge on any atom is 0.258 e. The third kappa shape index (κ3) is 3.07. The van der Waals surface area contributed by atoms with E-state index in [0.717, 1.165) is 56.2 Å². The normalized spacial score (nSPS) is 20.3. The van der Waals surface area contributed by atoms with Crippen LogP contribution in [-0.4, -0.2) is 54.6 Å². The van der Waals surface area contributed by atoms with E-state index in [0.29, 0.717) is 0 Å². The molecule has 5 nitrogen and oxygen atoms in total. The van der Waals surface area contributed by atoms with Gasteiger partial charge in [0.25, 0.3) is 5.91 Å². The number of fused-ring (bicyclic) bond motifs is 1. The molecule has 1 aromatic carbocycles. The summed E-state index contributed by atoms with van der Waals surface area (Å²) in [5.41, 5.74) is 3.01. The molecule has 1 unspecified atom stereocenters. The maximum atomic E-state index is 13.2. The summed E-state index contributed by atoms with van der Waals surface area (Å²) in [5, 5.41) is 0. The van der Waals surface area contributed by atoms with Gasteiger partial charge in [0.15, 0.2) is 0 Å². The molecule has 4 rings (SSSR count). The molecular weight excluding hydrogens is 324 g/mol. The Morgan fingerprint density at radius 1 is 1.15 bits per heavy atom. The van der Waals surface area contributed by atoms with Crippen LogP contribution < -0.4 is 9.80 Å². The lowest BCUT2D eigenvalue weighted by Crippen LogP contribution is -2.46. The second-order valence-electron chi connectivity index (χ2n) is 7.18. The van der Waals surface area contributed by atoms with Crippen molar-refractivity contribution in [2.24, 2.45) is 0 Å². The zero-order chi connectivity index (χ0) is 18.1. The molecule has 1 aromatic heterocycles. The lowest BCUT2D eigenvalue weighted by molar-refractivity contribution is 0.0981. The molecular formula is C21H26N4O. The van der Waals surface area contributed by atoms with Crippen LogP contribution in [0.15, 0.2) is 42.6 Å². The minimum atomic E-state index is 0.0679. The van der Waals surface area contributed by atoms with Gasteiger partial charge in [0.2, 0.25) is 0 Å². The summed E-state index contributed by atoms with van der Waals surface area (Å²) in [6, 6.07) is 12.2. The number of anilines is 2. The van der Waals surface area contributed by atoms with Gasteiger partial charge in [-0.1, -0.05) is 25.1 Å². The number of hydrogen-bond acceptors (Lipinski definition) is 4. The van der Waals surface area contributed by atoms with E-state index in [-0.39, 0.29) is 11.9 Å². The quantitative estimate of drug-likeness (QED) is 0.853. The van der Waals surface area contributed by atoms with Gasteiger partial charge in [-0.2, -0.15) is 0 Å². The van der Waals surface area contributed by atoms with Gasteiger partial charge in [0, 0.05) is 49.7 Å². The number of nitrogens with zero attached hydrogens (tertiary/aromatic N) is 4. The molecule has 0 radical (unpaired) electrons. The minimum Gasteiger partial charge on any atom is -0.354 e. The average Bonchev–Trinajstić information content (AvgIpc) is 3.03. The summed E-state index contributed by atoms with van der Waals surface area (Å²) in [5.74, 6) is 0.977. The van der Waals surface area contributed by atoms with Crippen molar-refractivity contribution in [2.75, 3.05) is 42.5 Å². The molecule has 26 heavy (non-hydrogen) atoms. The SMILES string of the molecule is CCN1CCN(c2cc(C(=O)N3c4ccccc4CC3C)ccn2)CC1. The van der Waals surface area contributed by atoms with E-state index in [2.05, 4.69) is 34.7 Å². The number of aromatic nitrogens is 1. The Hall–Kier alpha value is -2.40. The van der Waals surface area contributed by atoms with Crippen molar-refractivity contribution in [3.63, 3.8) is 0 Å². The molecule has 2 aliphatic heterocycles. The van der Waals surface area contributed by atoms with Gasteiger partial charge < -0.3 is 14.7 Å². The van der Waals surface area contributed by atoms with Crippen LogP contribution in [0, 0.1) is 0 Å². The molecule has 0 N–H and O–H groups in total. The van der Waals surface area contributed by atoms with Crippen LogP contribution in [0.4, 0.5) is 11.5 Å². The number of para-hydroxylation sites is 1. The summed E-state index contributed by atoms with van der Waals surface area (Å²) in [4.78, 5) is 24.4. The lowest BCUT2D eigenvalue weighted by Gasteiger charge is -2.35. The highest BCUT2D eigenvalue weighted by atomic mass is 16.2. The number of rotatable bonds is 3. The highest BCUT2D eigenvalue weighted by Gasteiger charge is 2.31. The molecule has 2 aromatic rings. The van der Waals surface area contributed by atoms with Crippen molar-refractivity contribution in [1.29, 1.82) is 0 Å². The van der Waals surface area contributed by atoms with Crippen molar-refractivity contribution in [1.82, 2.24) is 9.88 Å². The summed E-state index contributed by atoms with van der Waals surface area (Å²) >= 11 is 0. The van der Waals surface area contributed by atoms with Gasteiger partial charge in [-0.15, -0.1) is 0 Å². The monoisotopic (exact) mass is 350 g/mol. The fraction of sp³-hybridized carbons (Fsp3) is 0.429. The highest BCUT2D eigenvalue weighted by molar-refractivity contribution is 6.08. The summed E-state index contributed by atoms with van der Waals surface area (Å²) in [6.45, 7) is 9.42. The maximum absolute atomic E-state index is 13.2. The molecule has 1 fully saturated rings. The number of piperazine rings is 1. The predicted octanol–water partition coefficient (Wildman–Crippen LogP) is 2.81. The van der Waals surface area contributed by atoms with E-state index in [1.165, 1.54) is 5.56 Å². The van der Waals surface area contributed by atoms with Gasteiger partial charge in [-0.25, -0.2) is 4.98 Å². The summed E-state index contributed by atoms with van der Waals surface area (Å²) in [6.07, 6.45) is 2.68. The zero-order valence-electron chi connectivity index (χ0n) is 15.6.